The fourth-order valence-corrected chi connectivity index (χ4v) is 7.34. The lowest BCUT2D eigenvalue weighted by molar-refractivity contribution is 0.0664. The topological polar surface area (TPSA) is 72.9 Å². The number of nitrogens with zero attached hydrogens (tertiary/aromatic N) is 1. The molecule has 3 aliphatic rings. The fourth-order valence-electron chi connectivity index (χ4n) is 7.16. The van der Waals surface area contributed by atoms with E-state index in [4.69, 9.17) is 21.1 Å². The number of ether oxygens (including phenoxy) is 2. The van der Waals surface area contributed by atoms with Gasteiger partial charge in [-0.2, -0.15) is 0 Å². The Bertz CT molecular complexity index is 1830. The molecule has 6 nitrogen and oxygen atoms in total. The summed E-state index contributed by atoms with van der Waals surface area (Å²) < 4.78 is 25.4. The van der Waals surface area contributed by atoms with Crippen molar-refractivity contribution >= 4 is 40.7 Å². The van der Waals surface area contributed by atoms with Gasteiger partial charge in [-0.05, 0) is 66.2 Å². The van der Waals surface area contributed by atoms with E-state index < -0.39 is 29.2 Å². The second-order valence-electron chi connectivity index (χ2n) is 10.9. The first-order chi connectivity index (χ1) is 20.8. The van der Waals surface area contributed by atoms with E-state index in [-0.39, 0.29) is 22.9 Å². The van der Waals surface area contributed by atoms with E-state index in [0.29, 0.717) is 38.9 Å². The number of hydrogen-bond donors (Lipinski definition) is 0. The largest absolute Gasteiger partial charge is 0.497 e. The maximum atomic E-state index is 14.8. The van der Waals surface area contributed by atoms with Gasteiger partial charge in [0.2, 0.25) is 0 Å². The summed E-state index contributed by atoms with van der Waals surface area (Å²) >= 11 is 6.36. The SMILES string of the molecule is COc1ccc(OC)c([C@@H]2[C@@H](C(=O)c3ccc(F)cc3)N3c4ccc(Cl)cc4C=C[C@H]3C23C(=O)c2ccccc2C3=O)c1. The Morgan fingerprint density at radius 3 is 2.23 bits per heavy atom. The molecule has 0 amide bonds. The molecular formula is C35H25ClFNO5. The van der Waals surface area contributed by atoms with Crippen LogP contribution in [0.4, 0.5) is 10.1 Å². The first kappa shape index (κ1) is 27.1. The maximum Gasteiger partial charge on any atom is 0.185 e. The van der Waals surface area contributed by atoms with Crippen molar-refractivity contribution in [3.8, 4) is 11.5 Å². The van der Waals surface area contributed by atoms with E-state index in [1.165, 1.54) is 38.5 Å². The van der Waals surface area contributed by atoms with Crippen LogP contribution in [0.15, 0.2) is 91.0 Å². The van der Waals surface area contributed by atoms with E-state index in [1.807, 2.05) is 17.1 Å². The Kier molecular flexibility index (Phi) is 6.25. The van der Waals surface area contributed by atoms with E-state index in [2.05, 4.69) is 0 Å². The molecule has 2 heterocycles. The van der Waals surface area contributed by atoms with Crippen molar-refractivity contribution in [1.29, 1.82) is 0 Å². The highest BCUT2D eigenvalue weighted by Gasteiger charge is 2.72. The molecule has 1 aliphatic carbocycles. The number of hydrogen-bond acceptors (Lipinski definition) is 6. The molecule has 4 aromatic carbocycles. The summed E-state index contributed by atoms with van der Waals surface area (Å²) in [5.74, 6) is -1.73. The number of Topliss-reactive ketones (excluding diaryl/α,β-unsaturated/α-hetero) is 3. The Labute approximate surface area is 252 Å². The third-order valence-corrected chi connectivity index (χ3v) is 9.17. The lowest BCUT2D eigenvalue weighted by atomic mass is 9.64. The number of fused-ring (bicyclic) bond motifs is 5. The van der Waals surface area contributed by atoms with Crippen LogP contribution in [-0.2, 0) is 0 Å². The Hall–Kier alpha value is -4.75. The zero-order valence-electron chi connectivity index (χ0n) is 23.2. The predicted octanol–water partition coefficient (Wildman–Crippen LogP) is 6.81. The standard InChI is InChI=1S/C35H25ClFNO5/c1-42-23-13-15-28(43-2)26(18-23)30-31(32(39)19-7-11-22(37)12-8-19)38-27-14-10-21(36)17-20(27)9-16-29(38)35(30)33(40)24-5-3-4-6-25(24)34(35)41/h3-18,29-31H,1-2H3/t29-,30+,31-/m0/s1. The van der Waals surface area contributed by atoms with Gasteiger partial charge in [-0.25, -0.2) is 4.39 Å². The van der Waals surface area contributed by atoms with Crippen molar-refractivity contribution in [1.82, 2.24) is 0 Å². The predicted molar refractivity (Wildman–Crippen MR) is 161 cm³/mol. The molecule has 2 aliphatic heterocycles. The van der Waals surface area contributed by atoms with Gasteiger partial charge in [0.15, 0.2) is 17.3 Å². The number of halogens is 2. The van der Waals surface area contributed by atoms with Crippen LogP contribution in [0.25, 0.3) is 6.08 Å². The van der Waals surface area contributed by atoms with Gasteiger partial charge < -0.3 is 14.4 Å². The smallest absolute Gasteiger partial charge is 0.185 e. The highest BCUT2D eigenvalue weighted by Crippen LogP contribution is 2.62. The van der Waals surface area contributed by atoms with Crippen molar-refractivity contribution in [2.45, 2.75) is 18.0 Å². The van der Waals surface area contributed by atoms with E-state index >= 15 is 0 Å². The first-order valence-electron chi connectivity index (χ1n) is 13.8. The molecule has 43 heavy (non-hydrogen) atoms. The average Bonchev–Trinajstić information content (AvgIpc) is 3.46. The summed E-state index contributed by atoms with van der Waals surface area (Å²) in [6.07, 6.45) is 3.66. The Morgan fingerprint density at radius 2 is 1.58 bits per heavy atom. The number of anilines is 1. The summed E-state index contributed by atoms with van der Waals surface area (Å²) in [4.78, 5) is 46.2. The normalized spacial score (nSPS) is 21.0. The van der Waals surface area contributed by atoms with Gasteiger partial charge in [0.1, 0.15) is 28.8 Å². The van der Waals surface area contributed by atoms with E-state index in [9.17, 15) is 18.8 Å². The third-order valence-electron chi connectivity index (χ3n) is 8.94. The van der Waals surface area contributed by atoms with Gasteiger partial charge in [0, 0.05) is 38.9 Å². The van der Waals surface area contributed by atoms with Gasteiger partial charge >= 0.3 is 0 Å². The lowest BCUT2D eigenvalue weighted by Gasteiger charge is -2.37. The zero-order chi connectivity index (χ0) is 30.0. The highest BCUT2D eigenvalue weighted by atomic mass is 35.5. The van der Waals surface area contributed by atoms with Crippen molar-refractivity contribution in [3.63, 3.8) is 0 Å². The van der Waals surface area contributed by atoms with Gasteiger partial charge in [-0.15, -0.1) is 0 Å². The van der Waals surface area contributed by atoms with Crippen LogP contribution in [0.2, 0.25) is 5.02 Å². The fraction of sp³-hybridized carbons (Fsp3) is 0.171. The number of ketones is 3. The summed E-state index contributed by atoms with van der Waals surface area (Å²) in [6.45, 7) is 0. The molecule has 1 fully saturated rings. The number of carbonyl (C=O) groups is 3. The molecule has 7 rings (SSSR count). The molecule has 1 saturated heterocycles. The molecule has 1 spiro atoms. The van der Waals surface area contributed by atoms with Crippen molar-refractivity contribution < 1.29 is 28.2 Å². The summed E-state index contributed by atoms with van der Waals surface area (Å²) in [5, 5.41) is 0.503. The maximum absolute atomic E-state index is 14.8. The monoisotopic (exact) mass is 593 g/mol. The Balaban J connectivity index is 1.58. The molecule has 4 aromatic rings. The van der Waals surface area contributed by atoms with E-state index in [1.54, 1.807) is 60.7 Å². The van der Waals surface area contributed by atoms with Gasteiger partial charge in [0.05, 0.1) is 20.3 Å². The van der Waals surface area contributed by atoms with Crippen LogP contribution >= 0.6 is 11.6 Å². The highest BCUT2D eigenvalue weighted by molar-refractivity contribution is 6.33. The lowest BCUT2D eigenvalue weighted by Crippen LogP contribution is -2.48. The van der Waals surface area contributed by atoms with Crippen LogP contribution in [-0.4, -0.2) is 43.7 Å². The molecule has 0 N–H and O–H groups in total. The molecule has 0 unspecified atom stereocenters. The molecule has 0 bridgehead atoms. The van der Waals surface area contributed by atoms with Crippen LogP contribution in [0, 0.1) is 11.2 Å². The second-order valence-corrected chi connectivity index (χ2v) is 11.3. The summed E-state index contributed by atoms with van der Waals surface area (Å²) in [7, 11) is 3.02. The van der Waals surface area contributed by atoms with Gasteiger partial charge in [-0.3, -0.25) is 14.4 Å². The minimum Gasteiger partial charge on any atom is -0.497 e. The summed E-state index contributed by atoms with van der Waals surface area (Å²) in [6, 6.07) is 20.6. The van der Waals surface area contributed by atoms with Crippen LogP contribution in [0.1, 0.15) is 48.1 Å². The molecule has 214 valence electrons. The van der Waals surface area contributed by atoms with Crippen LogP contribution in [0.5, 0.6) is 11.5 Å². The molecule has 0 aromatic heterocycles. The number of carbonyl (C=O) groups excluding carboxylic acids is 3. The van der Waals surface area contributed by atoms with Gasteiger partial charge in [-0.1, -0.05) is 48.0 Å². The van der Waals surface area contributed by atoms with Gasteiger partial charge in [0.25, 0.3) is 0 Å². The average molecular weight is 594 g/mol. The molecule has 0 saturated carbocycles. The molecule has 0 radical (unpaired) electrons. The van der Waals surface area contributed by atoms with Crippen LogP contribution in [0.3, 0.4) is 0 Å². The number of benzene rings is 4. The number of rotatable bonds is 5. The second kappa shape index (κ2) is 9.92. The van der Waals surface area contributed by atoms with E-state index in [0.717, 1.165) is 5.56 Å². The first-order valence-corrected chi connectivity index (χ1v) is 14.2. The Morgan fingerprint density at radius 1 is 0.884 bits per heavy atom. The third kappa shape index (κ3) is 3.74. The van der Waals surface area contributed by atoms with Crippen molar-refractivity contribution in [2.75, 3.05) is 19.1 Å². The van der Waals surface area contributed by atoms with Crippen molar-refractivity contribution in [3.05, 3.63) is 130 Å². The summed E-state index contributed by atoms with van der Waals surface area (Å²) in [5.41, 5.74) is 1.01. The molecule has 8 heteroatoms. The minimum absolute atomic E-state index is 0.245. The minimum atomic E-state index is -1.72. The number of methoxy groups -OCH3 is 2. The van der Waals surface area contributed by atoms with Crippen LogP contribution < -0.4 is 14.4 Å². The molecular weight excluding hydrogens is 569 g/mol. The molecule has 3 atom stereocenters. The quantitative estimate of drug-likeness (QED) is 0.187. The zero-order valence-corrected chi connectivity index (χ0v) is 24.0. The van der Waals surface area contributed by atoms with Crippen molar-refractivity contribution in [2.24, 2.45) is 5.41 Å².